The highest BCUT2D eigenvalue weighted by Crippen LogP contribution is 2.31. The predicted octanol–water partition coefficient (Wildman–Crippen LogP) is 3.40. The van der Waals surface area contributed by atoms with Gasteiger partial charge >= 0.3 is 0 Å². The first-order valence-electron chi connectivity index (χ1n) is 5.20. The number of methoxy groups -OCH3 is 1. The van der Waals surface area contributed by atoms with Gasteiger partial charge < -0.3 is 4.74 Å². The van der Waals surface area contributed by atoms with E-state index in [0.717, 1.165) is 27.4 Å². The summed E-state index contributed by atoms with van der Waals surface area (Å²) in [5, 5.41) is 3.38. The average Bonchev–Trinajstić information content (AvgIpc) is 2.37. The van der Waals surface area contributed by atoms with Gasteiger partial charge in [-0.15, -0.1) is 0 Å². The van der Waals surface area contributed by atoms with E-state index in [1.165, 1.54) is 0 Å². The van der Waals surface area contributed by atoms with E-state index in [2.05, 4.69) is 17.1 Å². The number of fused-ring (bicyclic) bond motifs is 3. The Bertz CT molecular complexity index is 661. The summed E-state index contributed by atoms with van der Waals surface area (Å²) in [6.45, 7) is 0. The van der Waals surface area contributed by atoms with Gasteiger partial charge in [0.25, 0.3) is 0 Å². The van der Waals surface area contributed by atoms with Crippen LogP contribution in [0.2, 0.25) is 0 Å². The van der Waals surface area contributed by atoms with Crippen LogP contribution in [-0.2, 0) is 0 Å². The van der Waals surface area contributed by atoms with Crippen LogP contribution in [0.25, 0.3) is 21.7 Å². The molecule has 0 aliphatic heterocycles. The maximum atomic E-state index is 5.41. The van der Waals surface area contributed by atoms with Crippen LogP contribution in [0.3, 0.4) is 0 Å². The van der Waals surface area contributed by atoms with E-state index in [0.29, 0.717) is 0 Å². The zero-order valence-electron chi connectivity index (χ0n) is 8.97. The zero-order chi connectivity index (χ0) is 11.0. The molecule has 0 unspecified atom stereocenters. The number of benzene rings is 2. The Morgan fingerprint density at radius 1 is 1.00 bits per heavy atom. The molecule has 0 aliphatic carbocycles. The molecule has 0 saturated heterocycles. The minimum Gasteiger partial charge on any atom is -0.496 e. The third-order valence-electron chi connectivity index (χ3n) is 2.79. The molecule has 2 aromatic carbocycles. The molecule has 0 spiro atoms. The molecular weight excluding hydrogens is 198 g/mol. The first kappa shape index (κ1) is 9.16. The Hall–Kier alpha value is -2.09. The molecule has 78 valence electrons. The summed E-state index contributed by atoms with van der Waals surface area (Å²) in [5.74, 6) is 0.899. The van der Waals surface area contributed by atoms with Crippen LogP contribution in [0.1, 0.15) is 0 Å². The molecular formula is C14H11NO. The lowest BCUT2D eigenvalue weighted by Gasteiger charge is -2.07. The molecule has 0 amide bonds. The Labute approximate surface area is 93.5 Å². The van der Waals surface area contributed by atoms with Crippen LogP contribution in [-0.4, -0.2) is 12.1 Å². The van der Waals surface area contributed by atoms with Gasteiger partial charge in [-0.1, -0.05) is 30.3 Å². The molecule has 1 aromatic heterocycles. The van der Waals surface area contributed by atoms with Crippen molar-refractivity contribution in [2.75, 3.05) is 7.11 Å². The zero-order valence-corrected chi connectivity index (χ0v) is 8.97. The fraction of sp³-hybridized carbons (Fsp3) is 0.0714. The first-order chi connectivity index (χ1) is 7.90. The molecule has 3 rings (SSSR count). The van der Waals surface area contributed by atoms with E-state index in [9.17, 15) is 0 Å². The average molecular weight is 209 g/mol. The van der Waals surface area contributed by atoms with Crippen LogP contribution in [0.5, 0.6) is 5.75 Å². The van der Waals surface area contributed by atoms with Crippen molar-refractivity contribution in [1.82, 2.24) is 4.98 Å². The maximum absolute atomic E-state index is 5.41. The second-order valence-electron chi connectivity index (χ2n) is 3.70. The smallest absolute Gasteiger partial charge is 0.127 e. The van der Waals surface area contributed by atoms with Gasteiger partial charge in [-0.25, -0.2) is 0 Å². The van der Waals surface area contributed by atoms with Crippen molar-refractivity contribution in [3.05, 3.63) is 48.7 Å². The van der Waals surface area contributed by atoms with Gasteiger partial charge in [0, 0.05) is 22.4 Å². The Balaban J connectivity index is 2.57. The molecule has 0 aliphatic rings. The van der Waals surface area contributed by atoms with Gasteiger partial charge in [-0.05, 0) is 12.1 Å². The van der Waals surface area contributed by atoms with E-state index in [4.69, 9.17) is 4.74 Å². The molecule has 16 heavy (non-hydrogen) atoms. The highest BCUT2D eigenvalue weighted by molar-refractivity contribution is 6.08. The van der Waals surface area contributed by atoms with Gasteiger partial charge in [0.2, 0.25) is 0 Å². The van der Waals surface area contributed by atoms with Gasteiger partial charge in [0.05, 0.1) is 12.6 Å². The third-order valence-corrected chi connectivity index (χ3v) is 2.79. The van der Waals surface area contributed by atoms with Gasteiger partial charge in [-0.3, -0.25) is 4.98 Å². The lowest BCUT2D eigenvalue weighted by molar-refractivity contribution is 0.420. The maximum Gasteiger partial charge on any atom is 0.127 e. The molecule has 0 bridgehead atoms. The summed E-state index contributed by atoms with van der Waals surface area (Å²) in [4.78, 5) is 4.43. The van der Waals surface area contributed by atoms with Crippen LogP contribution in [0.4, 0.5) is 0 Å². The van der Waals surface area contributed by atoms with E-state index < -0.39 is 0 Å². The van der Waals surface area contributed by atoms with Crippen LogP contribution in [0.15, 0.2) is 48.7 Å². The summed E-state index contributed by atoms with van der Waals surface area (Å²) < 4.78 is 5.41. The minimum absolute atomic E-state index is 0.899. The highest BCUT2D eigenvalue weighted by atomic mass is 16.5. The van der Waals surface area contributed by atoms with Crippen LogP contribution >= 0.6 is 0 Å². The lowest BCUT2D eigenvalue weighted by Crippen LogP contribution is -1.87. The monoisotopic (exact) mass is 209 g/mol. The van der Waals surface area contributed by atoms with Crippen LogP contribution in [0, 0.1) is 0 Å². The largest absolute Gasteiger partial charge is 0.496 e. The molecule has 3 aromatic rings. The second-order valence-corrected chi connectivity index (χ2v) is 3.70. The van der Waals surface area contributed by atoms with E-state index in [1.54, 1.807) is 7.11 Å². The van der Waals surface area contributed by atoms with Crippen molar-refractivity contribution in [2.24, 2.45) is 0 Å². The number of nitrogens with zero attached hydrogens (tertiary/aromatic N) is 1. The summed E-state index contributed by atoms with van der Waals surface area (Å²) >= 11 is 0. The quantitative estimate of drug-likeness (QED) is 0.573. The van der Waals surface area contributed by atoms with Crippen molar-refractivity contribution >= 4 is 21.7 Å². The SMILES string of the molecule is COc1cccc2cnc3ccccc3c12. The summed E-state index contributed by atoms with van der Waals surface area (Å²) in [6, 6.07) is 14.1. The number of aromatic nitrogens is 1. The Morgan fingerprint density at radius 3 is 2.75 bits per heavy atom. The summed E-state index contributed by atoms with van der Waals surface area (Å²) in [6.07, 6.45) is 1.89. The van der Waals surface area contributed by atoms with Crippen molar-refractivity contribution in [2.45, 2.75) is 0 Å². The standard InChI is InChI=1S/C14H11NO/c1-16-13-8-4-5-10-9-15-12-7-3-2-6-11(12)14(10)13/h2-9H,1H3. The number of ether oxygens (including phenoxy) is 1. The van der Waals surface area contributed by atoms with E-state index in [-0.39, 0.29) is 0 Å². The Kier molecular flexibility index (Phi) is 2.00. The highest BCUT2D eigenvalue weighted by Gasteiger charge is 2.05. The van der Waals surface area contributed by atoms with Crippen molar-refractivity contribution in [1.29, 1.82) is 0 Å². The topological polar surface area (TPSA) is 22.1 Å². The fourth-order valence-electron chi connectivity index (χ4n) is 2.05. The number of rotatable bonds is 1. The molecule has 0 radical (unpaired) electrons. The molecule has 1 heterocycles. The summed E-state index contributed by atoms with van der Waals surface area (Å²) in [5.41, 5.74) is 1.000. The minimum atomic E-state index is 0.899. The van der Waals surface area contributed by atoms with Crippen molar-refractivity contribution < 1.29 is 4.74 Å². The van der Waals surface area contributed by atoms with Crippen molar-refractivity contribution in [3.8, 4) is 5.75 Å². The molecule has 0 atom stereocenters. The van der Waals surface area contributed by atoms with E-state index in [1.807, 2.05) is 36.5 Å². The number of hydrogen-bond donors (Lipinski definition) is 0. The van der Waals surface area contributed by atoms with Gasteiger partial charge in [0.1, 0.15) is 5.75 Å². The molecule has 0 fully saturated rings. The van der Waals surface area contributed by atoms with Gasteiger partial charge in [-0.2, -0.15) is 0 Å². The Morgan fingerprint density at radius 2 is 1.88 bits per heavy atom. The van der Waals surface area contributed by atoms with Gasteiger partial charge in [0.15, 0.2) is 0 Å². The molecule has 2 heteroatoms. The predicted molar refractivity (Wildman–Crippen MR) is 65.8 cm³/mol. The van der Waals surface area contributed by atoms with Crippen molar-refractivity contribution in [3.63, 3.8) is 0 Å². The summed E-state index contributed by atoms with van der Waals surface area (Å²) in [7, 11) is 1.70. The molecule has 0 N–H and O–H groups in total. The number of para-hydroxylation sites is 1. The third kappa shape index (κ3) is 1.23. The lowest BCUT2D eigenvalue weighted by atomic mass is 10.1. The fourth-order valence-corrected chi connectivity index (χ4v) is 2.05. The first-order valence-corrected chi connectivity index (χ1v) is 5.20. The molecule has 0 saturated carbocycles. The second kappa shape index (κ2) is 3.49. The van der Waals surface area contributed by atoms with Crippen LogP contribution < -0.4 is 4.74 Å². The number of pyridine rings is 1. The normalized spacial score (nSPS) is 10.8. The number of hydrogen-bond acceptors (Lipinski definition) is 2. The van der Waals surface area contributed by atoms with E-state index >= 15 is 0 Å². The molecule has 2 nitrogen and oxygen atoms in total.